The van der Waals surface area contributed by atoms with Crippen LogP contribution in [0.15, 0.2) is 24.3 Å². The Balaban J connectivity index is 1.78. The van der Waals surface area contributed by atoms with E-state index in [0.717, 1.165) is 19.5 Å². The van der Waals surface area contributed by atoms with E-state index in [1.54, 1.807) is 30.1 Å². The van der Waals surface area contributed by atoms with Gasteiger partial charge in [0.1, 0.15) is 5.82 Å². The normalized spacial score (nSPS) is 18.8. The van der Waals surface area contributed by atoms with Crippen LogP contribution < -0.4 is 5.32 Å². The molecule has 1 heterocycles. The van der Waals surface area contributed by atoms with Crippen LogP contribution >= 0.6 is 0 Å². The van der Waals surface area contributed by atoms with E-state index in [4.69, 9.17) is 0 Å². The van der Waals surface area contributed by atoms with Gasteiger partial charge in [-0.1, -0.05) is 18.2 Å². The minimum atomic E-state index is -0.247. The van der Waals surface area contributed by atoms with Gasteiger partial charge in [-0.3, -0.25) is 4.79 Å². The lowest BCUT2D eigenvalue weighted by atomic mass is 9.94. The first-order valence-electron chi connectivity index (χ1n) is 7.35. The highest BCUT2D eigenvalue weighted by Gasteiger charge is 2.16. The molecule has 1 aromatic carbocycles. The fourth-order valence-electron chi connectivity index (χ4n) is 2.66. The molecular formula is C16H23FN2O. The number of nitrogens with one attached hydrogen (secondary N) is 1. The second kappa shape index (κ2) is 7.39. The number of piperidine rings is 1. The van der Waals surface area contributed by atoms with Crippen molar-refractivity contribution in [2.45, 2.75) is 32.2 Å². The number of amides is 1. The van der Waals surface area contributed by atoms with Crippen molar-refractivity contribution in [1.29, 1.82) is 0 Å². The van der Waals surface area contributed by atoms with Crippen molar-refractivity contribution < 1.29 is 9.18 Å². The van der Waals surface area contributed by atoms with Crippen LogP contribution in [-0.4, -0.2) is 30.9 Å². The van der Waals surface area contributed by atoms with Crippen LogP contribution in [0.25, 0.3) is 0 Å². The van der Waals surface area contributed by atoms with Crippen LogP contribution in [0.2, 0.25) is 0 Å². The summed E-state index contributed by atoms with van der Waals surface area (Å²) in [7, 11) is 1.74. The third-order valence-corrected chi connectivity index (χ3v) is 3.96. The molecule has 0 spiro atoms. The maximum atomic E-state index is 13.5. The lowest BCUT2D eigenvalue weighted by Crippen LogP contribution is -2.31. The van der Waals surface area contributed by atoms with E-state index in [9.17, 15) is 9.18 Å². The lowest BCUT2D eigenvalue weighted by molar-refractivity contribution is -0.130. The first kappa shape index (κ1) is 15.0. The molecular weight excluding hydrogens is 255 g/mol. The summed E-state index contributed by atoms with van der Waals surface area (Å²) in [4.78, 5) is 13.7. The van der Waals surface area contributed by atoms with Crippen molar-refractivity contribution in [3.63, 3.8) is 0 Å². The molecule has 3 nitrogen and oxygen atoms in total. The van der Waals surface area contributed by atoms with Crippen molar-refractivity contribution in [3.8, 4) is 0 Å². The van der Waals surface area contributed by atoms with Gasteiger partial charge < -0.3 is 10.2 Å². The molecule has 0 aliphatic carbocycles. The van der Waals surface area contributed by atoms with Crippen molar-refractivity contribution in [1.82, 2.24) is 10.2 Å². The van der Waals surface area contributed by atoms with Gasteiger partial charge in [0.25, 0.3) is 0 Å². The number of carbonyl (C=O) groups is 1. The molecule has 1 unspecified atom stereocenters. The molecule has 1 aliphatic heterocycles. The Morgan fingerprint density at radius 1 is 1.45 bits per heavy atom. The molecule has 2 rings (SSSR count). The topological polar surface area (TPSA) is 32.3 Å². The van der Waals surface area contributed by atoms with Crippen LogP contribution in [0.4, 0.5) is 4.39 Å². The molecule has 0 aromatic heterocycles. The van der Waals surface area contributed by atoms with Crippen molar-refractivity contribution in [2.75, 3.05) is 20.1 Å². The van der Waals surface area contributed by atoms with Gasteiger partial charge in [-0.25, -0.2) is 4.39 Å². The van der Waals surface area contributed by atoms with Gasteiger partial charge in [-0.2, -0.15) is 0 Å². The average Bonchev–Trinajstić information content (AvgIpc) is 2.48. The lowest BCUT2D eigenvalue weighted by Gasteiger charge is -2.24. The predicted molar refractivity (Wildman–Crippen MR) is 77.7 cm³/mol. The summed E-state index contributed by atoms with van der Waals surface area (Å²) >= 11 is 0. The van der Waals surface area contributed by atoms with E-state index in [2.05, 4.69) is 5.32 Å². The zero-order valence-corrected chi connectivity index (χ0v) is 12.1. The number of halogens is 1. The second-order valence-corrected chi connectivity index (χ2v) is 5.59. The summed E-state index contributed by atoms with van der Waals surface area (Å²) in [5.74, 6) is 0.456. The first-order valence-corrected chi connectivity index (χ1v) is 7.35. The Hall–Kier alpha value is -1.42. The number of hydrogen-bond donors (Lipinski definition) is 1. The van der Waals surface area contributed by atoms with Gasteiger partial charge >= 0.3 is 0 Å². The van der Waals surface area contributed by atoms with E-state index in [1.807, 2.05) is 0 Å². The zero-order valence-electron chi connectivity index (χ0n) is 12.1. The summed E-state index contributed by atoms with van der Waals surface area (Å²) in [5.41, 5.74) is 0.572. The fourth-order valence-corrected chi connectivity index (χ4v) is 2.66. The summed E-state index contributed by atoms with van der Waals surface area (Å²) in [6.45, 7) is 2.45. The molecule has 0 radical (unpaired) electrons. The minimum absolute atomic E-state index is 0.0961. The Labute approximate surface area is 120 Å². The van der Waals surface area contributed by atoms with Crippen LogP contribution in [-0.2, 0) is 11.3 Å². The van der Waals surface area contributed by atoms with Crippen LogP contribution in [0, 0.1) is 11.7 Å². The molecule has 1 N–H and O–H groups in total. The standard InChI is InChI=1S/C16H23FN2O/c1-19(12-14-6-2-3-7-15(14)17)16(20)9-8-13-5-4-10-18-11-13/h2-3,6-7,13,18H,4-5,8-12H2,1H3. The molecule has 1 atom stereocenters. The van der Waals surface area contributed by atoms with Crippen LogP contribution in [0.5, 0.6) is 0 Å². The third-order valence-electron chi connectivity index (χ3n) is 3.96. The summed E-state index contributed by atoms with van der Waals surface area (Å²) < 4.78 is 13.5. The average molecular weight is 278 g/mol. The molecule has 110 valence electrons. The molecule has 4 heteroatoms. The van der Waals surface area contributed by atoms with Crippen molar-refractivity contribution >= 4 is 5.91 Å². The van der Waals surface area contributed by atoms with Crippen LogP contribution in [0.3, 0.4) is 0 Å². The highest BCUT2D eigenvalue weighted by atomic mass is 19.1. The molecule has 1 amide bonds. The number of rotatable bonds is 5. The van der Waals surface area contributed by atoms with E-state index in [0.29, 0.717) is 24.4 Å². The minimum Gasteiger partial charge on any atom is -0.341 e. The zero-order chi connectivity index (χ0) is 14.4. The summed E-state index contributed by atoms with van der Waals surface area (Å²) in [5, 5.41) is 3.36. The Kier molecular flexibility index (Phi) is 5.53. The molecule has 1 aliphatic rings. The number of benzene rings is 1. The molecule has 1 saturated heterocycles. The smallest absolute Gasteiger partial charge is 0.222 e. The Bertz CT molecular complexity index is 444. The summed E-state index contributed by atoms with van der Waals surface area (Å²) in [6.07, 6.45) is 3.88. The van der Waals surface area contributed by atoms with Gasteiger partial charge in [0.2, 0.25) is 5.91 Å². The monoisotopic (exact) mass is 278 g/mol. The number of hydrogen-bond acceptors (Lipinski definition) is 2. The second-order valence-electron chi connectivity index (χ2n) is 5.59. The molecule has 0 bridgehead atoms. The number of nitrogens with zero attached hydrogens (tertiary/aromatic N) is 1. The van der Waals surface area contributed by atoms with E-state index in [-0.39, 0.29) is 11.7 Å². The number of carbonyl (C=O) groups excluding carboxylic acids is 1. The largest absolute Gasteiger partial charge is 0.341 e. The third kappa shape index (κ3) is 4.30. The molecule has 1 fully saturated rings. The van der Waals surface area contributed by atoms with Gasteiger partial charge in [-0.05, 0) is 44.3 Å². The first-order chi connectivity index (χ1) is 9.66. The van der Waals surface area contributed by atoms with Gasteiger partial charge in [0.05, 0.1) is 0 Å². The summed E-state index contributed by atoms with van der Waals surface area (Å²) in [6, 6.07) is 6.62. The van der Waals surface area contributed by atoms with Gasteiger partial charge in [-0.15, -0.1) is 0 Å². The van der Waals surface area contributed by atoms with E-state index in [1.165, 1.54) is 18.9 Å². The van der Waals surface area contributed by atoms with E-state index < -0.39 is 0 Å². The fraction of sp³-hybridized carbons (Fsp3) is 0.562. The molecule has 0 saturated carbocycles. The molecule has 1 aromatic rings. The quantitative estimate of drug-likeness (QED) is 0.898. The van der Waals surface area contributed by atoms with Crippen LogP contribution in [0.1, 0.15) is 31.2 Å². The maximum absolute atomic E-state index is 13.5. The van der Waals surface area contributed by atoms with E-state index >= 15 is 0 Å². The maximum Gasteiger partial charge on any atom is 0.222 e. The Morgan fingerprint density at radius 2 is 2.25 bits per heavy atom. The highest BCUT2D eigenvalue weighted by Crippen LogP contribution is 2.17. The Morgan fingerprint density at radius 3 is 2.95 bits per heavy atom. The van der Waals surface area contributed by atoms with Crippen molar-refractivity contribution in [2.24, 2.45) is 5.92 Å². The molecule has 20 heavy (non-hydrogen) atoms. The predicted octanol–water partition coefficient (Wildman–Crippen LogP) is 2.56. The van der Waals surface area contributed by atoms with Crippen molar-refractivity contribution in [3.05, 3.63) is 35.6 Å². The SMILES string of the molecule is CN(Cc1ccccc1F)C(=O)CCC1CCCNC1. The van der Waals surface area contributed by atoms with Gasteiger partial charge in [0.15, 0.2) is 0 Å². The van der Waals surface area contributed by atoms with Gasteiger partial charge in [0, 0.05) is 25.6 Å². The highest BCUT2D eigenvalue weighted by molar-refractivity contribution is 5.75.